The fraction of sp³-hybridized carbons (Fsp3) is 0. The van der Waals surface area contributed by atoms with Gasteiger partial charge in [0, 0.05) is 10.5 Å². The summed E-state index contributed by atoms with van der Waals surface area (Å²) in [7, 11) is -4.15. The Balaban J connectivity index is 2.40. The van der Waals surface area contributed by atoms with E-state index in [0.717, 1.165) is 18.2 Å². The van der Waals surface area contributed by atoms with E-state index in [0.29, 0.717) is 4.47 Å². The highest BCUT2D eigenvalue weighted by Gasteiger charge is 2.20. The summed E-state index contributed by atoms with van der Waals surface area (Å²) in [6.07, 6.45) is 0. The Morgan fingerprint density at radius 1 is 1.20 bits per heavy atom. The van der Waals surface area contributed by atoms with Crippen LogP contribution < -0.4 is 4.72 Å². The van der Waals surface area contributed by atoms with Crippen molar-refractivity contribution in [3.05, 3.63) is 45.0 Å². The Bertz CT molecular complexity index is 753. The van der Waals surface area contributed by atoms with Crippen LogP contribution in [0.1, 0.15) is 0 Å². The van der Waals surface area contributed by atoms with Crippen molar-refractivity contribution in [2.75, 3.05) is 4.72 Å². The van der Waals surface area contributed by atoms with Gasteiger partial charge in [0.05, 0.1) is 0 Å². The van der Waals surface area contributed by atoms with E-state index in [9.17, 15) is 12.8 Å². The van der Waals surface area contributed by atoms with Gasteiger partial charge in [0.25, 0.3) is 10.0 Å². The molecule has 2 rings (SSSR count). The van der Waals surface area contributed by atoms with E-state index in [1.807, 2.05) is 0 Å². The lowest BCUT2D eigenvalue weighted by Crippen LogP contribution is -2.15. The Labute approximate surface area is 132 Å². The van der Waals surface area contributed by atoms with Gasteiger partial charge in [-0.25, -0.2) is 17.8 Å². The normalized spacial score (nSPS) is 11.4. The van der Waals surface area contributed by atoms with Crippen LogP contribution in [0.2, 0.25) is 10.4 Å². The first-order chi connectivity index (χ1) is 9.28. The highest BCUT2D eigenvalue weighted by molar-refractivity contribution is 9.10. The first-order valence-corrected chi connectivity index (χ1v) is 7.99. The van der Waals surface area contributed by atoms with Crippen LogP contribution in [0.15, 0.2) is 33.6 Å². The number of sulfonamides is 1. The second kappa shape index (κ2) is 5.80. The smallest absolute Gasteiger partial charge is 0.263 e. The summed E-state index contributed by atoms with van der Waals surface area (Å²) in [5.41, 5.74) is 0. The van der Waals surface area contributed by atoms with E-state index in [2.05, 4.69) is 30.6 Å². The van der Waals surface area contributed by atoms with Crippen LogP contribution in [-0.2, 0) is 10.0 Å². The molecule has 1 N–H and O–H groups in total. The summed E-state index contributed by atoms with van der Waals surface area (Å²) >= 11 is 14.2. The van der Waals surface area contributed by atoms with Crippen LogP contribution in [0.5, 0.6) is 0 Å². The molecular weight excluding hydrogens is 396 g/mol. The minimum Gasteiger partial charge on any atom is -0.263 e. The average molecular weight is 401 g/mol. The molecule has 0 aliphatic rings. The molecule has 0 bridgehead atoms. The van der Waals surface area contributed by atoms with Gasteiger partial charge in [0.1, 0.15) is 21.7 Å². The molecule has 1 heterocycles. The van der Waals surface area contributed by atoms with Crippen molar-refractivity contribution in [2.24, 2.45) is 0 Å². The van der Waals surface area contributed by atoms with Gasteiger partial charge >= 0.3 is 0 Å². The van der Waals surface area contributed by atoms with Crippen molar-refractivity contribution in [1.29, 1.82) is 0 Å². The van der Waals surface area contributed by atoms with Gasteiger partial charge in [-0.15, -0.1) is 0 Å². The molecular formula is C10H5BrCl2FN3O2S. The Morgan fingerprint density at radius 3 is 2.50 bits per heavy atom. The molecule has 0 saturated heterocycles. The lowest BCUT2D eigenvalue weighted by atomic mass is 10.3. The van der Waals surface area contributed by atoms with E-state index < -0.39 is 20.7 Å². The SMILES string of the molecule is O=S(=O)(Nc1cc(Cl)nc(Cl)n1)c1ccc(Br)cc1F. The number of benzene rings is 1. The van der Waals surface area contributed by atoms with Crippen molar-refractivity contribution in [2.45, 2.75) is 4.90 Å². The predicted octanol–water partition coefficient (Wildman–Crippen LogP) is 3.49. The molecule has 0 aliphatic carbocycles. The van der Waals surface area contributed by atoms with E-state index in [1.54, 1.807) is 0 Å². The van der Waals surface area contributed by atoms with Crippen molar-refractivity contribution < 1.29 is 12.8 Å². The minimum atomic E-state index is -4.15. The number of halogens is 4. The van der Waals surface area contributed by atoms with Gasteiger partial charge in [-0.05, 0) is 29.8 Å². The Morgan fingerprint density at radius 2 is 1.90 bits per heavy atom. The minimum absolute atomic E-state index is 0.0426. The molecule has 20 heavy (non-hydrogen) atoms. The van der Waals surface area contributed by atoms with Crippen molar-refractivity contribution in [3.8, 4) is 0 Å². The second-order valence-electron chi connectivity index (χ2n) is 3.53. The van der Waals surface area contributed by atoms with Crippen LogP contribution in [0, 0.1) is 5.82 Å². The molecule has 0 atom stereocenters. The highest BCUT2D eigenvalue weighted by Crippen LogP contribution is 2.22. The highest BCUT2D eigenvalue weighted by atomic mass is 79.9. The van der Waals surface area contributed by atoms with Crippen molar-refractivity contribution in [3.63, 3.8) is 0 Å². The van der Waals surface area contributed by atoms with Crippen LogP contribution in [0.4, 0.5) is 10.2 Å². The third-order valence-corrected chi connectivity index (χ3v) is 4.33. The largest absolute Gasteiger partial charge is 0.265 e. The molecule has 10 heteroatoms. The molecule has 0 radical (unpaired) electrons. The third kappa shape index (κ3) is 3.57. The van der Waals surface area contributed by atoms with Gasteiger partial charge in [0.15, 0.2) is 0 Å². The standard InChI is InChI=1S/C10H5BrCl2FN3O2S/c11-5-1-2-7(6(14)3-5)20(18,19)17-9-4-8(12)15-10(13)16-9/h1-4H,(H,15,16,17). The van der Waals surface area contributed by atoms with Crippen LogP contribution in [0.3, 0.4) is 0 Å². The molecule has 0 fully saturated rings. The molecule has 0 aliphatic heterocycles. The number of hydrogen-bond donors (Lipinski definition) is 1. The maximum Gasteiger partial charge on any atom is 0.265 e. The first kappa shape index (κ1) is 15.4. The van der Waals surface area contributed by atoms with Crippen molar-refractivity contribution >= 4 is 55.0 Å². The zero-order valence-corrected chi connectivity index (χ0v) is 13.4. The number of aromatic nitrogens is 2. The fourth-order valence-electron chi connectivity index (χ4n) is 1.33. The number of nitrogens with zero attached hydrogens (tertiary/aromatic N) is 2. The first-order valence-electron chi connectivity index (χ1n) is 4.96. The summed E-state index contributed by atoms with van der Waals surface area (Å²) in [6, 6.07) is 4.71. The van der Waals surface area contributed by atoms with Crippen molar-refractivity contribution in [1.82, 2.24) is 9.97 Å². The summed E-state index contributed by atoms with van der Waals surface area (Å²) < 4.78 is 40.3. The topological polar surface area (TPSA) is 72.0 Å². The molecule has 0 amide bonds. The number of hydrogen-bond acceptors (Lipinski definition) is 4. The van der Waals surface area contributed by atoms with Gasteiger partial charge in [-0.3, -0.25) is 4.72 Å². The molecule has 0 spiro atoms. The molecule has 1 aromatic carbocycles. The van der Waals surface area contributed by atoms with E-state index in [4.69, 9.17) is 23.2 Å². The summed E-state index contributed by atoms with van der Waals surface area (Å²) in [5, 5.41) is -0.273. The Hall–Kier alpha value is -0.960. The lowest BCUT2D eigenvalue weighted by Gasteiger charge is -2.08. The maximum absolute atomic E-state index is 13.7. The molecule has 0 saturated carbocycles. The van der Waals surface area contributed by atoms with Gasteiger partial charge in [0.2, 0.25) is 5.28 Å². The average Bonchev–Trinajstić information content (AvgIpc) is 2.25. The third-order valence-electron chi connectivity index (χ3n) is 2.09. The fourth-order valence-corrected chi connectivity index (χ4v) is 3.12. The van der Waals surface area contributed by atoms with Gasteiger partial charge < -0.3 is 0 Å². The molecule has 5 nitrogen and oxygen atoms in total. The van der Waals surface area contributed by atoms with Gasteiger partial charge in [-0.1, -0.05) is 27.5 Å². The van der Waals surface area contributed by atoms with E-state index in [-0.39, 0.29) is 16.3 Å². The monoisotopic (exact) mass is 399 g/mol. The van der Waals surface area contributed by atoms with E-state index >= 15 is 0 Å². The zero-order chi connectivity index (χ0) is 14.9. The molecule has 2 aromatic rings. The predicted molar refractivity (Wildman–Crippen MR) is 77.0 cm³/mol. The lowest BCUT2D eigenvalue weighted by molar-refractivity contribution is 0.569. The molecule has 0 unspecified atom stereocenters. The number of anilines is 1. The molecule has 106 valence electrons. The van der Waals surface area contributed by atoms with Crippen LogP contribution in [-0.4, -0.2) is 18.4 Å². The number of nitrogens with one attached hydrogen (secondary N) is 1. The zero-order valence-electron chi connectivity index (χ0n) is 9.44. The van der Waals surface area contributed by atoms with Gasteiger partial charge in [-0.2, -0.15) is 4.98 Å². The summed E-state index contributed by atoms with van der Waals surface area (Å²) in [5.74, 6) is -1.06. The Kier molecular flexibility index (Phi) is 4.48. The van der Waals surface area contributed by atoms with E-state index in [1.165, 1.54) is 6.07 Å². The number of rotatable bonds is 3. The molecule has 1 aromatic heterocycles. The maximum atomic E-state index is 13.7. The second-order valence-corrected chi connectivity index (χ2v) is 6.82. The summed E-state index contributed by atoms with van der Waals surface area (Å²) in [6.45, 7) is 0. The quantitative estimate of drug-likeness (QED) is 0.632. The van der Waals surface area contributed by atoms with Crippen LogP contribution >= 0.6 is 39.1 Å². The summed E-state index contributed by atoms with van der Waals surface area (Å²) in [4.78, 5) is 6.69. The van der Waals surface area contributed by atoms with Crippen LogP contribution in [0.25, 0.3) is 0 Å².